The second kappa shape index (κ2) is 4.36. The number of hydrogen-bond donors (Lipinski definition) is 0. The van der Waals surface area contributed by atoms with Crippen LogP contribution in [0.4, 0.5) is 0 Å². The molecule has 2 unspecified atom stereocenters. The van der Waals surface area contributed by atoms with Crippen molar-refractivity contribution in [3.63, 3.8) is 0 Å². The first-order chi connectivity index (χ1) is 7.62. The highest BCUT2D eigenvalue weighted by atomic mass is 16.7. The first kappa shape index (κ1) is 11.3. The van der Waals surface area contributed by atoms with Crippen LogP contribution in [-0.2, 0) is 20.7 Å². The summed E-state index contributed by atoms with van der Waals surface area (Å²) in [5, 5.41) is 0. The van der Waals surface area contributed by atoms with Crippen LogP contribution in [0.2, 0.25) is 0 Å². The van der Waals surface area contributed by atoms with E-state index in [1.54, 1.807) is 0 Å². The highest BCUT2D eigenvalue weighted by Crippen LogP contribution is 2.28. The van der Waals surface area contributed by atoms with Crippen molar-refractivity contribution in [1.29, 1.82) is 0 Å². The minimum absolute atomic E-state index is 0.0207. The maximum Gasteiger partial charge on any atom is 0.233 e. The molecule has 0 aromatic heterocycles. The Kier molecular flexibility index (Phi) is 3.08. The summed E-state index contributed by atoms with van der Waals surface area (Å²) in [5.74, 6) is -1.14. The van der Waals surface area contributed by atoms with Crippen LogP contribution in [0.15, 0.2) is 30.3 Å². The third kappa shape index (κ3) is 2.15. The van der Waals surface area contributed by atoms with Gasteiger partial charge in [-0.15, -0.1) is 0 Å². The van der Waals surface area contributed by atoms with E-state index in [2.05, 4.69) is 0 Å². The molecule has 1 saturated heterocycles. The molecular weight excluding hydrogens is 204 g/mol. The number of Topliss-reactive ketones (excluding diaryl/α,β-unsaturated/α-hetero) is 1. The van der Waals surface area contributed by atoms with Crippen molar-refractivity contribution >= 4 is 5.78 Å². The van der Waals surface area contributed by atoms with E-state index in [1.165, 1.54) is 6.92 Å². The van der Waals surface area contributed by atoms with E-state index < -0.39 is 5.79 Å². The van der Waals surface area contributed by atoms with Gasteiger partial charge in [0.05, 0.1) is 12.7 Å². The van der Waals surface area contributed by atoms with Crippen LogP contribution in [0, 0.1) is 0 Å². The van der Waals surface area contributed by atoms with E-state index in [4.69, 9.17) is 9.47 Å². The molecule has 1 aromatic carbocycles. The molecule has 0 N–H and O–H groups in total. The molecule has 3 heteroatoms. The van der Waals surface area contributed by atoms with Crippen molar-refractivity contribution in [3.05, 3.63) is 35.9 Å². The molecule has 0 radical (unpaired) electrons. The third-order valence-corrected chi connectivity index (χ3v) is 2.76. The largest absolute Gasteiger partial charge is 0.341 e. The van der Waals surface area contributed by atoms with Gasteiger partial charge < -0.3 is 9.47 Å². The van der Waals surface area contributed by atoms with E-state index in [9.17, 15) is 4.79 Å². The van der Waals surface area contributed by atoms with Crippen LogP contribution in [0.5, 0.6) is 0 Å². The van der Waals surface area contributed by atoms with Crippen molar-refractivity contribution in [2.45, 2.75) is 32.2 Å². The number of hydrogen-bond acceptors (Lipinski definition) is 3. The lowest BCUT2D eigenvalue weighted by molar-refractivity contribution is -0.182. The maximum atomic E-state index is 11.7. The minimum atomic E-state index is -1.07. The monoisotopic (exact) mass is 220 g/mol. The molecular formula is C13H16O3. The van der Waals surface area contributed by atoms with Gasteiger partial charge >= 0.3 is 0 Å². The second-order valence-electron chi connectivity index (χ2n) is 4.21. The molecule has 0 saturated carbocycles. The number of rotatable bonds is 3. The maximum absolute atomic E-state index is 11.7. The summed E-state index contributed by atoms with van der Waals surface area (Å²) in [6, 6.07) is 9.78. The van der Waals surface area contributed by atoms with Gasteiger partial charge in [-0.2, -0.15) is 0 Å². The van der Waals surface area contributed by atoms with Gasteiger partial charge in [0.15, 0.2) is 5.78 Å². The average Bonchev–Trinajstić information content (AvgIpc) is 2.63. The first-order valence-electron chi connectivity index (χ1n) is 5.49. The first-order valence-corrected chi connectivity index (χ1v) is 5.49. The normalized spacial score (nSPS) is 29.2. The Morgan fingerprint density at radius 2 is 2.12 bits per heavy atom. The predicted octanol–water partition coefficient (Wildman–Crippen LogP) is 1.95. The summed E-state index contributed by atoms with van der Waals surface area (Å²) in [5.41, 5.74) is 1.05. The lowest BCUT2D eigenvalue weighted by Crippen LogP contribution is -2.41. The van der Waals surface area contributed by atoms with Crippen molar-refractivity contribution in [1.82, 2.24) is 0 Å². The van der Waals surface area contributed by atoms with E-state index in [0.29, 0.717) is 13.0 Å². The topological polar surface area (TPSA) is 35.5 Å². The summed E-state index contributed by atoms with van der Waals surface area (Å²) in [6.07, 6.45) is 0.459. The number of ketones is 1. The van der Waals surface area contributed by atoms with Gasteiger partial charge in [0.25, 0.3) is 0 Å². The van der Waals surface area contributed by atoms with Crippen molar-refractivity contribution in [3.8, 4) is 0 Å². The quantitative estimate of drug-likeness (QED) is 0.781. The Morgan fingerprint density at radius 3 is 2.62 bits per heavy atom. The summed E-state index contributed by atoms with van der Waals surface area (Å²) in [7, 11) is 0. The summed E-state index contributed by atoms with van der Waals surface area (Å²) in [4.78, 5) is 11.7. The molecule has 1 aliphatic rings. The van der Waals surface area contributed by atoms with Crippen LogP contribution in [0.1, 0.15) is 19.4 Å². The SMILES string of the molecule is CC(=O)C1(Cc2ccccc2)OCC(C)O1. The zero-order valence-corrected chi connectivity index (χ0v) is 9.60. The van der Waals surface area contributed by atoms with Gasteiger partial charge in [-0.1, -0.05) is 30.3 Å². The molecule has 2 rings (SSSR count). The highest BCUT2D eigenvalue weighted by Gasteiger charge is 2.44. The van der Waals surface area contributed by atoms with Crippen LogP contribution >= 0.6 is 0 Å². The van der Waals surface area contributed by atoms with Gasteiger partial charge in [-0.25, -0.2) is 0 Å². The Morgan fingerprint density at radius 1 is 1.44 bits per heavy atom. The van der Waals surface area contributed by atoms with E-state index in [-0.39, 0.29) is 11.9 Å². The summed E-state index contributed by atoms with van der Waals surface area (Å²) >= 11 is 0. The molecule has 1 fully saturated rings. The fourth-order valence-corrected chi connectivity index (χ4v) is 1.91. The van der Waals surface area contributed by atoms with E-state index >= 15 is 0 Å². The third-order valence-electron chi connectivity index (χ3n) is 2.76. The molecule has 0 aliphatic carbocycles. The second-order valence-corrected chi connectivity index (χ2v) is 4.21. The molecule has 0 bridgehead atoms. The van der Waals surface area contributed by atoms with Gasteiger partial charge in [0.2, 0.25) is 5.79 Å². The fourth-order valence-electron chi connectivity index (χ4n) is 1.91. The van der Waals surface area contributed by atoms with Gasteiger partial charge in [0.1, 0.15) is 0 Å². The zero-order chi connectivity index (χ0) is 11.6. The van der Waals surface area contributed by atoms with Gasteiger partial charge in [-0.3, -0.25) is 4.79 Å². The lowest BCUT2D eigenvalue weighted by atomic mass is 10.0. The Balaban J connectivity index is 2.19. The number of benzene rings is 1. The van der Waals surface area contributed by atoms with E-state index in [0.717, 1.165) is 5.56 Å². The van der Waals surface area contributed by atoms with Crippen LogP contribution in [-0.4, -0.2) is 24.3 Å². The smallest absolute Gasteiger partial charge is 0.233 e. The number of carbonyl (C=O) groups excluding carboxylic acids is 1. The number of carbonyl (C=O) groups is 1. The molecule has 1 aromatic rings. The average molecular weight is 220 g/mol. The van der Waals surface area contributed by atoms with Crippen molar-refractivity contribution in [2.24, 2.45) is 0 Å². The highest BCUT2D eigenvalue weighted by molar-refractivity contribution is 5.84. The van der Waals surface area contributed by atoms with Crippen molar-refractivity contribution in [2.75, 3.05) is 6.61 Å². The zero-order valence-electron chi connectivity index (χ0n) is 9.60. The lowest BCUT2D eigenvalue weighted by Gasteiger charge is -2.24. The van der Waals surface area contributed by atoms with Crippen LogP contribution in [0.25, 0.3) is 0 Å². The fraction of sp³-hybridized carbons (Fsp3) is 0.462. The van der Waals surface area contributed by atoms with Crippen molar-refractivity contribution < 1.29 is 14.3 Å². The molecule has 1 aliphatic heterocycles. The molecule has 3 nitrogen and oxygen atoms in total. The summed E-state index contributed by atoms with van der Waals surface area (Å²) < 4.78 is 11.2. The molecule has 1 heterocycles. The molecule has 2 atom stereocenters. The van der Waals surface area contributed by atoms with Crippen LogP contribution in [0.3, 0.4) is 0 Å². The van der Waals surface area contributed by atoms with E-state index in [1.807, 2.05) is 37.3 Å². The molecule has 0 amide bonds. The standard InChI is InChI=1S/C13H16O3/c1-10-9-15-13(16-10,11(2)14)8-12-6-4-3-5-7-12/h3-7,10H,8-9H2,1-2H3. The molecule has 16 heavy (non-hydrogen) atoms. The minimum Gasteiger partial charge on any atom is -0.341 e. The molecule has 0 spiro atoms. The Labute approximate surface area is 95.4 Å². The Hall–Kier alpha value is -1.19. The van der Waals surface area contributed by atoms with Gasteiger partial charge in [-0.05, 0) is 12.5 Å². The number of ether oxygens (including phenoxy) is 2. The predicted molar refractivity (Wildman–Crippen MR) is 60.1 cm³/mol. The van der Waals surface area contributed by atoms with Gasteiger partial charge in [0, 0.05) is 13.3 Å². The Bertz CT molecular complexity index is 374. The summed E-state index contributed by atoms with van der Waals surface area (Å²) in [6.45, 7) is 3.91. The van der Waals surface area contributed by atoms with Crippen LogP contribution < -0.4 is 0 Å². The molecule has 86 valence electrons.